The first kappa shape index (κ1) is 20.3. The molecule has 1 aliphatic rings. The Morgan fingerprint density at radius 2 is 1.61 bits per heavy atom. The van der Waals surface area contributed by atoms with E-state index in [-0.39, 0.29) is 0 Å². The van der Waals surface area contributed by atoms with Gasteiger partial charge >= 0.3 is 0 Å². The van der Waals surface area contributed by atoms with Gasteiger partial charge in [-0.3, -0.25) is 4.90 Å². The third-order valence-electron chi connectivity index (χ3n) is 5.85. The van der Waals surface area contributed by atoms with Crippen LogP contribution in [0.25, 0.3) is 22.0 Å². The Kier molecular flexibility index (Phi) is 5.77. The van der Waals surface area contributed by atoms with Crippen LogP contribution in [-0.4, -0.2) is 41.0 Å². The molecule has 156 valence electrons. The lowest BCUT2D eigenvalue weighted by Crippen LogP contribution is -2.46. The van der Waals surface area contributed by atoms with Gasteiger partial charge in [0.1, 0.15) is 11.5 Å². The van der Waals surface area contributed by atoms with Crippen LogP contribution < -0.4 is 4.90 Å². The number of anilines is 1. The van der Waals surface area contributed by atoms with Gasteiger partial charge in [0.15, 0.2) is 0 Å². The molecule has 0 amide bonds. The molecule has 4 nitrogen and oxygen atoms in total. The predicted molar refractivity (Wildman–Crippen MR) is 129 cm³/mol. The van der Waals surface area contributed by atoms with E-state index in [1.165, 1.54) is 28.7 Å². The maximum atomic E-state index is 6.34. The number of hydrogen-bond acceptors (Lipinski definition) is 4. The summed E-state index contributed by atoms with van der Waals surface area (Å²) in [4.78, 5) is 13.3. The van der Waals surface area contributed by atoms with E-state index in [9.17, 15) is 0 Å². The van der Waals surface area contributed by atoms with E-state index in [1.807, 2.05) is 18.2 Å². The number of benzene rings is 3. The zero-order valence-corrected chi connectivity index (χ0v) is 18.5. The number of hydrogen-bond donors (Lipinski definition) is 0. The summed E-state index contributed by atoms with van der Waals surface area (Å²) in [5, 5.41) is 2.17. The summed E-state index contributed by atoms with van der Waals surface area (Å²) in [6, 6.07) is 22.9. The minimum Gasteiger partial charge on any atom is -0.369 e. The van der Waals surface area contributed by atoms with Crippen molar-refractivity contribution >= 4 is 39.8 Å². The van der Waals surface area contributed by atoms with Crippen LogP contribution in [0.5, 0.6) is 0 Å². The normalized spacial score (nSPS) is 14.8. The largest absolute Gasteiger partial charge is 0.369 e. The Morgan fingerprint density at radius 3 is 2.42 bits per heavy atom. The molecule has 0 spiro atoms. The van der Waals surface area contributed by atoms with Crippen LogP contribution in [0.3, 0.4) is 0 Å². The molecule has 1 fully saturated rings. The SMILES string of the molecule is Clc1ccc(-c2ccccc2)c(CN2CCN(c3ccc4c(Cl)ncnc4c3)CC2)c1. The summed E-state index contributed by atoms with van der Waals surface area (Å²) in [6.45, 7) is 4.79. The number of nitrogens with zero attached hydrogens (tertiary/aromatic N) is 4. The third-order valence-corrected chi connectivity index (χ3v) is 6.39. The van der Waals surface area contributed by atoms with E-state index in [4.69, 9.17) is 23.2 Å². The standard InChI is InChI=1S/C25H22Cl2N4/c26-20-6-8-22(18-4-2-1-3-5-18)19(14-20)16-30-10-12-31(13-11-30)21-7-9-23-24(15-21)28-17-29-25(23)27/h1-9,14-15,17H,10-13,16H2. The molecule has 5 rings (SSSR count). The number of rotatable bonds is 4. The van der Waals surface area contributed by atoms with Crippen molar-refractivity contribution in [1.29, 1.82) is 0 Å². The van der Waals surface area contributed by atoms with Crippen molar-refractivity contribution in [2.24, 2.45) is 0 Å². The van der Waals surface area contributed by atoms with Crippen molar-refractivity contribution in [3.63, 3.8) is 0 Å². The van der Waals surface area contributed by atoms with Gasteiger partial charge in [0, 0.05) is 48.8 Å². The van der Waals surface area contributed by atoms with Crippen LogP contribution >= 0.6 is 23.2 Å². The Morgan fingerprint density at radius 1 is 0.806 bits per heavy atom. The van der Waals surface area contributed by atoms with Gasteiger partial charge in [-0.15, -0.1) is 0 Å². The molecule has 1 aromatic heterocycles. The first-order valence-electron chi connectivity index (χ1n) is 10.4. The fourth-order valence-electron chi connectivity index (χ4n) is 4.21. The predicted octanol–water partition coefficient (Wildman–Crippen LogP) is 5.93. The Bertz CT molecular complexity index is 1200. The van der Waals surface area contributed by atoms with E-state index in [2.05, 4.69) is 68.3 Å². The van der Waals surface area contributed by atoms with Crippen LogP contribution in [-0.2, 0) is 6.54 Å². The monoisotopic (exact) mass is 448 g/mol. The second-order valence-corrected chi connectivity index (χ2v) is 8.59. The number of fused-ring (bicyclic) bond motifs is 1. The summed E-state index contributed by atoms with van der Waals surface area (Å²) >= 11 is 12.5. The zero-order valence-electron chi connectivity index (χ0n) is 17.0. The molecule has 0 unspecified atom stereocenters. The van der Waals surface area contributed by atoms with Gasteiger partial charge in [-0.1, -0.05) is 59.6 Å². The van der Waals surface area contributed by atoms with Crippen LogP contribution in [0.15, 0.2) is 73.1 Å². The molecule has 0 bridgehead atoms. The maximum absolute atomic E-state index is 6.34. The minimum atomic E-state index is 0.497. The molecular formula is C25H22Cl2N4. The van der Waals surface area contributed by atoms with Crippen molar-refractivity contribution in [3.8, 4) is 11.1 Å². The smallest absolute Gasteiger partial charge is 0.140 e. The lowest BCUT2D eigenvalue weighted by atomic mass is 9.99. The molecule has 0 aliphatic carbocycles. The Balaban J connectivity index is 1.30. The fraction of sp³-hybridized carbons (Fsp3) is 0.200. The van der Waals surface area contributed by atoms with Crippen molar-refractivity contribution < 1.29 is 0 Å². The van der Waals surface area contributed by atoms with Gasteiger partial charge in [-0.25, -0.2) is 9.97 Å². The molecule has 1 aliphatic heterocycles. The molecular weight excluding hydrogens is 427 g/mol. The summed E-state index contributed by atoms with van der Waals surface area (Å²) in [5.41, 5.74) is 5.80. The van der Waals surface area contributed by atoms with Gasteiger partial charge in [0.2, 0.25) is 0 Å². The summed E-state index contributed by atoms with van der Waals surface area (Å²) in [6.07, 6.45) is 1.52. The molecule has 6 heteroatoms. The molecule has 31 heavy (non-hydrogen) atoms. The highest BCUT2D eigenvalue weighted by atomic mass is 35.5. The first-order valence-corrected chi connectivity index (χ1v) is 11.1. The van der Waals surface area contributed by atoms with E-state index < -0.39 is 0 Å². The molecule has 1 saturated heterocycles. The van der Waals surface area contributed by atoms with Crippen LogP contribution in [0, 0.1) is 0 Å². The van der Waals surface area contributed by atoms with Crippen molar-refractivity contribution in [2.45, 2.75) is 6.54 Å². The Hall–Kier alpha value is -2.66. The minimum absolute atomic E-state index is 0.497. The summed E-state index contributed by atoms with van der Waals surface area (Å²) < 4.78 is 0. The van der Waals surface area contributed by atoms with Crippen LogP contribution in [0.1, 0.15) is 5.56 Å². The average Bonchev–Trinajstić information content (AvgIpc) is 2.80. The van der Waals surface area contributed by atoms with E-state index in [0.717, 1.165) is 48.6 Å². The molecule has 0 radical (unpaired) electrons. The molecule has 0 atom stereocenters. The van der Waals surface area contributed by atoms with Gasteiger partial charge in [0.25, 0.3) is 0 Å². The number of piperazine rings is 1. The summed E-state index contributed by atoms with van der Waals surface area (Å²) in [5.74, 6) is 0. The van der Waals surface area contributed by atoms with Crippen molar-refractivity contribution in [3.05, 3.63) is 88.8 Å². The highest BCUT2D eigenvalue weighted by Crippen LogP contribution is 2.29. The maximum Gasteiger partial charge on any atom is 0.140 e. The Labute approximate surface area is 192 Å². The highest BCUT2D eigenvalue weighted by molar-refractivity contribution is 6.34. The van der Waals surface area contributed by atoms with Crippen molar-refractivity contribution in [1.82, 2.24) is 14.9 Å². The molecule has 2 heterocycles. The highest BCUT2D eigenvalue weighted by Gasteiger charge is 2.19. The third kappa shape index (κ3) is 4.38. The molecule has 3 aromatic carbocycles. The van der Waals surface area contributed by atoms with E-state index >= 15 is 0 Å². The molecule has 0 saturated carbocycles. The fourth-order valence-corrected chi connectivity index (χ4v) is 4.60. The zero-order chi connectivity index (χ0) is 21.2. The molecule has 4 aromatic rings. The average molecular weight is 449 g/mol. The topological polar surface area (TPSA) is 32.3 Å². The van der Waals surface area contributed by atoms with E-state index in [1.54, 1.807) is 0 Å². The van der Waals surface area contributed by atoms with E-state index in [0.29, 0.717) is 5.15 Å². The second-order valence-electron chi connectivity index (χ2n) is 7.80. The first-order chi connectivity index (χ1) is 15.2. The van der Waals surface area contributed by atoms with Crippen LogP contribution in [0.2, 0.25) is 10.2 Å². The van der Waals surface area contributed by atoms with Gasteiger partial charge in [-0.05, 0) is 47.0 Å². The number of halogens is 2. The second kappa shape index (κ2) is 8.83. The van der Waals surface area contributed by atoms with Crippen LogP contribution in [0.4, 0.5) is 5.69 Å². The number of aromatic nitrogens is 2. The summed E-state index contributed by atoms with van der Waals surface area (Å²) in [7, 11) is 0. The van der Waals surface area contributed by atoms with Crippen molar-refractivity contribution in [2.75, 3.05) is 31.1 Å². The molecule has 0 N–H and O–H groups in total. The quantitative estimate of drug-likeness (QED) is 0.362. The lowest BCUT2D eigenvalue weighted by Gasteiger charge is -2.36. The van der Waals surface area contributed by atoms with Gasteiger partial charge in [0.05, 0.1) is 5.52 Å². The van der Waals surface area contributed by atoms with Gasteiger partial charge in [-0.2, -0.15) is 0 Å². The van der Waals surface area contributed by atoms with Gasteiger partial charge < -0.3 is 4.90 Å². The lowest BCUT2D eigenvalue weighted by molar-refractivity contribution is 0.250.